The second-order valence-electron chi connectivity index (χ2n) is 6.10. The molecule has 2 aromatic heterocycles. The van der Waals surface area contributed by atoms with E-state index >= 15 is 0 Å². The first-order valence-corrected chi connectivity index (χ1v) is 7.26. The van der Waals surface area contributed by atoms with Gasteiger partial charge < -0.3 is 19.6 Å². The number of nitrogens with zero attached hydrogens (tertiary/aromatic N) is 2. The third-order valence-electron chi connectivity index (χ3n) is 5.04. The lowest BCUT2D eigenvalue weighted by Crippen LogP contribution is -2.37. The molecule has 2 aliphatic heterocycles. The molecule has 2 N–H and O–H groups in total. The van der Waals surface area contributed by atoms with Crippen LogP contribution in [-0.4, -0.2) is 44.2 Å². The van der Waals surface area contributed by atoms with Crippen molar-refractivity contribution in [1.82, 2.24) is 14.5 Å². The first kappa shape index (κ1) is 12.0. The number of H-pyrrole nitrogens is 1. The normalized spacial score (nSPS) is 28.7. The molecule has 3 unspecified atom stereocenters. The van der Waals surface area contributed by atoms with Gasteiger partial charge >= 0.3 is 0 Å². The largest absolute Gasteiger partial charge is 0.396 e. The Kier molecular flexibility index (Phi) is 2.48. The minimum absolute atomic E-state index is 0.0876. The van der Waals surface area contributed by atoms with Gasteiger partial charge in [0.1, 0.15) is 5.69 Å². The lowest BCUT2D eigenvalue weighted by molar-refractivity contribution is 0.0702. The summed E-state index contributed by atoms with van der Waals surface area (Å²) in [5, 5.41) is 9.43. The zero-order valence-corrected chi connectivity index (χ0v) is 11.5. The maximum absolute atomic E-state index is 12.8. The van der Waals surface area contributed by atoms with Crippen molar-refractivity contribution in [1.29, 1.82) is 0 Å². The molecule has 4 rings (SSSR count). The molecule has 2 aromatic rings. The van der Waals surface area contributed by atoms with Gasteiger partial charge in [0.15, 0.2) is 0 Å². The van der Waals surface area contributed by atoms with Gasteiger partial charge in [0.2, 0.25) is 0 Å². The molecule has 2 fully saturated rings. The summed E-state index contributed by atoms with van der Waals surface area (Å²) in [6.07, 6.45) is 5.04. The van der Waals surface area contributed by atoms with Gasteiger partial charge in [-0.25, -0.2) is 0 Å². The summed E-state index contributed by atoms with van der Waals surface area (Å²) < 4.78 is 2.01. The van der Waals surface area contributed by atoms with Crippen molar-refractivity contribution in [2.45, 2.75) is 31.3 Å². The third kappa shape index (κ3) is 1.50. The predicted molar refractivity (Wildman–Crippen MR) is 75.4 cm³/mol. The molecule has 5 heteroatoms. The summed E-state index contributed by atoms with van der Waals surface area (Å²) in [7, 11) is 1.98. The molecule has 5 nitrogen and oxygen atoms in total. The van der Waals surface area contributed by atoms with Crippen LogP contribution in [0.5, 0.6) is 0 Å². The summed E-state index contributed by atoms with van der Waals surface area (Å²) in [4.78, 5) is 18.0. The number of hydrogen-bond donors (Lipinski definition) is 2. The topological polar surface area (TPSA) is 61.3 Å². The highest BCUT2D eigenvalue weighted by molar-refractivity contribution is 5.98. The lowest BCUT2D eigenvalue weighted by atomic mass is 9.90. The zero-order chi connectivity index (χ0) is 13.9. The standard InChI is InChI=1S/C15H19N3O2/c1-17-5-4-11-14(17)7-12(16-11)15(20)18-10-2-3-13(18)9(6-10)8-19/h4-5,7,9-10,13,16,19H,2-3,6,8H2,1H3. The molecular weight excluding hydrogens is 254 g/mol. The zero-order valence-electron chi connectivity index (χ0n) is 11.5. The Bertz CT molecular complexity index is 672. The van der Waals surface area contributed by atoms with Crippen LogP contribution in [0.2, 0.25) is 0 Å². The minimum atomic E-state index is 0.0876. The van der Waals surface area contributed by atoms with Crippen LogP contribution in [0.3, 0.4) is 0 Å². The van der Waals surface area contributed by atoms with E-state index in [1.165, 1.54) is 0 Å². The third-order valence-corrected chi connectivity index (χ3v) is 5.04. The fourth-order valence-electron chi connectivity index (χ4n) is 4.03. The second kappa shape index (κ2) is 4.12. The maximum Gasteiger partial charge on any atom is 0.270 e. The van der Waals surface area contributed by atoms with Gasteiger partial charge in [-0.3, -0.25) is 4.79 Å². The molecule has 0 spiro atoms. The van der Waals surface area contributed by atoms with Crippen LogP contribution >= 0.6 is 0 Å². The fourth-order valence-corrected chi connectivity index (χ4v) is 4.03. The number of fused-ring (bicyclic) bond motifs is 3. The Morgan fingerprint density at radius 1 is 1.50 bits per heavy atom. The number of carbonyl (C=O) groups is 1. The average molecular weight is 273 g/mol. The van der Waals surface area contributed by atoms with Crippen molar-refractivity contribution >= 4 is 16.9 Å². The Labute approximate surface area is 117 Å². The molecule has 0 saturated carbocycles. The number of aromatic nitrogens is 2. The number of aryl methyl sites for hydroxylation is 1. The number of amides is 1. The van der Waals surface area contributed by atoms with Gasteiger partial charge in [-0.2, -0.15) is 0 Å². The highest BCUT2D eigenvalue weighted by Gasteiger charge is 2.48. The van der Waals surface area contributed by atoms with Crippen LogP contribution in [0.1, 0.15) is 29.8 Å². The number of nitrogens with one attached hydrogen (secondary N) is 1. The predicted octanol–water partition coefficient (Wildman–Crippen LogP) is 1.49. The van der Waals surface area contributed by atoms with Crippen LogP contribution < -0.4 is 0 Å². The van der Waals surface area contributed by atoms with E-state index in [0.717, 1.165) is 30.3 Å². The van der Waals surface area contributed by atoms with Crippen molar-refractivity contribution in [3.8, 4) is 0 Å². The monoisotopic (exact) mass is 273 g/mol. The molecular formula is C15H19N3O2. The average Bonchev–Trinajstić information content (AvgIpc) is 3.18. The van der Waals surface area contributed by atoms with Crippen molar-refractivity contribution in [3.05, 3.63) is 24.0 Å². The highest BCUT2D eigenvalue weighted by Crippen LogP contribution is 2.42. The minimum Gasteiger partial charge on any atom is -0.396 e. The quantitative estimate of drug-likeness (QED) is 0.871. The maximum atomic E-state index is 12.8. The van der Waals surface area contributed by atoms with Gasteiger partial charge in [0.25, 0.3) is 5.91 Å². The van der Waals surface area contributed by atoms with Crippen molar-refractivity contribution in [3.63, 3.8) is 0 Å². The smallest absolute Gasteiger partial charge is 0.270 e. The summed E-state index contributed by atoms with van der Waals surface area (Å²) in [6.45, 7) is 0.192. The molecule has 1 amide bonds. The molecule has 2 bridgehead atoms. The fraction of sp³-hybridized carbons (Fsp3) is 0.533. The molecule has 2 saturated heterocycles. The number of hydrogen-bond acceptors (Lipinski definition) is 2. The Morgan fingerprint density at radius 2 is 2.35 bits per heavy atom. The Hall–Kier alpha value is -1.75. The second-order valence-corrected chi connectivity index (χ2v) is 6.10. The van der Waals surface area contributed by atoms with E-state index in [-0.39, 0.29) is 24.5 Å². The van der Waals surface area contributed by atoms with Crippen molar-refractivity contribution in [2.75, 3.05) is 6.61 Å². The van der Waals surface area contributed by atoms with Crippen LogP contribution in [0, 0.1) is 5.92 Å². The first-order valence-electron chi connectivity index (χ1n) is 7.26. The van der Waals surface area contributed by atoms with Crippen molar-refractivity contribution in [2.24, 2.45) is 13.0 Å². The lowest BCUT2D eigenvalue weighted by Gasteiger charge is -2.23. The van der Waals surface area contributed by atoms with Gasteiger partial charge in [-0.1, -0.05) is 0 Å². The van der Waals surface area contributed by atoms with Crippen molar-refractivity contribution < 1.29 is 9.90 Å². The van der Waals surface area contributed by atoms with E-state index in [9.17, 15) is 9.90 Å². The van der Waals surface area contributed by atoms with E-state index in [1.54, 1.807) is 0 Å². The number of aliphatic hydroxyl groups is 1. The summed E-state index contributed by atoms with van der Waals surface area (Å²) in [5.74, 6) is 0.353. The summed E-state index contributed by atoms with van der Waals surface area (Å²) >= 11 is 0. The Morgan fingerprint density at radius 3 is 3.05 bits per heavy atom. The van der Waals surface area contributed by atoms with Gasteiger partial charge in [-0.05, 0) is 31.4 Å². The molecule has 4 heterocycles. The summed E-state index contributed by atoms with van der Waals surface area (Å²) in [6, 6.07) is 4.46. The van der Waals surface area contributed by atoms with Crippen LogP contribution in [0.4, 0.5) is 0 Å². The molecule has 106 valence electrons. The first-order chi connectivity index (χ1) is 9.69. The molecule has 3 atom stereocenters. The van der Waals surface area contributed by atoms with E-state index in [2.05, 4.69) is 4.98 Å². The number of carbonyl (C=O) groups excluding carboxylic acids is 1. The molecule has 0 aliphatic carbocycles. The number of aliphatic hydroxyl groups excluding tert-OH is 1. The van der Waals surface area contributed by atoms with E-state index in [0.29, 0.717) is 11.7 Å². The molecule has 0 radical (unpaired) electrons. The molecule has 0 aromatic carbocycles. The van der Waals surface area contributed by atoms with Gasteiger partial charge in [0.05, 0.1) is 11.0 Å². The van der Waals surface area contributed by atoms with E-state index in [4.69, 9.17) is 0 Å². The number of rotatable bonds is 2. The number of aromatic amines is 1. The SMILES string of the molecule is Cn1ccc2[nH]c(C(=O)N3C4CCC3C(CO)C4)cc21. The molecule has 2 aliphatic rings. The van der Waals surface area contributed by atoms with Gasteiger partial charge in [0, 0.05) is 37.9 Å². The van der Waals surface area contributed by atoms with Crippen LogP contribution in [-0.2, 0) is 7.05 Å². The van der Waals surface area contributed by atoms with Crippen LogP contribution in [0.25, 0.3) is 11.0 Å². The van der Waals surface area contributed by atoms with E-state index < -0.39 is 0 Å². The van der Waals surface area contributed by atoms with Crippen LogP contribution in [0.15, 0.2) is 18.3 Å². The summed E-state index contributed by atoms with van der Waals surface area (Å²) in [5.41, 5.74) is 2.72. The van der Waals surface area contributed by atoms with E-state index in [1.807, 2.05) is 34.8 Å². The molecule has 20 heavy (non-hydrogen) atoms. The van der Waals surface area contributed by atoms with Gasteiger partial charge in [-0.15, -0.1) is 0 Å². The Balaban J connectivity index is 1.67. The highest BCUT2D eigenvalue weighted by atomic mass is 16.3.